The van der Waals surface area contributed by atoms with Gasteiger partial charge in [0.05, 0.1) is 11.5 Å². The van der Waals surface area contributed by atoms with Gasteiger partial charge in [0, 0.05) is 11.7 Å². The molecular formula is C28H30F2N4O3. The monoisotopic (exact) mass is 508 g/mol. The molecule has 5 rings (SSSR count). The minimum atomic E-state index is -1.05. The van der Waals surface area contributed by atoms with Crippen LogP contribution in [0.5, 0.6) is 0 Å². The first-order valence-corrected chi connectivity index (χ1v) is 12.9. The third kappa shape index (κ3) is 4.78. The van der Waals surface area contributed by atoms with E-state index < -0.39 is 35.2 Å². The minimum absolute atomic E-state index is 0.140. The summed E-state index contributed by atoms with van der Waals surface area (Å²) >= 11 is 0. The van der Waals surface area contributed by atoms with Crippen molar-refractivity contribution in [1.29, 1.82) is 5.26 Å². The van der Waals surface area contributed by atoms with Crippen LogP contribution in [0.1, 0.15) is 62.1 Å². The van der Waals surface area contributed by atoms with E-state index >= 15 is 0 Å². The number of carbonyl (C=O) groups excluding carboxylic acids is 2. The lowest BCUT2D eigenvalue weighted by Crippen LogP contribution is -2.52. The van der Waals surface area contributed by atoms with Crippen LogP contribution in [0.4, 0.5) is 24.1 Å². The third-order valence-corrected chi connectivity index (χ3v) is 7.91. The van der Waals surface area contributed by atoms with Crippen LogP contribution in [0.3, 0.4) is 0 Å². The number of ether oxygens (including phenoxy) is 1. The zero-order valence-electron chi connectivity index (χ0n) is 20.6. The van der Waals surface area contributed by atoms with Crippen LogP contribution in [-0.2, 0) is 10.2 Å². The number of benzene rings is 2. The first-order valence-electron chi connectivity index (χ1n) is 12.9. The summed E-state index contributed by atoms with van der Waals surface area (Å²) in [5, 5.41) is 13.3. The van der Waals surface area contributed by atoms with Gasteiger partial charge >= 0.3 is 12.1 Å². The van der Waals surface area contributed by atoms with Crippen LogP contribution in [0.25, 0.3) is 0 Å². The van der Waals surface area contributed by atoms with Crippen LogP contribution < -0.4 is 10.2 Å². The van der Waals surface area contributed by atoms with Gasteiger partial charge in [-0.15, -0.1) is 0 Å². The van der Waals surface area contributed by atoms with E-state index in [4.69, 9.17) is 4.74 Å². The zero-order chi connectivity index (χ0) is 26.0. The molecule has 2 aromatic rings. The molecule has 37 heavy (non-hydrogen) atoms. The number of carbonyl (C=O) groups is 2. The van der Waals surface area contributed by atoms with Crippen molar-refractivity contribution in [3.8, 4) is 6.07 Å². The molecule has 0 bridgehead atoms. The molecule has 3 aliphatic rings. The Bertz CT molecular complexity index is 1200. The predicted octanol–water partition coefficient (Wildman–Crippen LogP) is 5.56. The smallest absolute Gasteiger partial charge is 0.418 e. The predicted molar refractivity (Wildman–Crippen MR) is 133 cm³/mol. The van der Waals surface area contributed by atoms with Crippen LogP contribution >= 0.6 is 0 Å². The molecule has 1 atom stereocenters. The largest absolute Gasteiger partial charge is 0.446 e. The van der Waals surface area contributed by atoms with E-state index in [0.717, 1.165) is 67.8 Å². The summed E-state index contributed by atoms with van der Waals surface area (Å²) in [6, 6.07) is 11.8. The maximum Gasteiger partial charge on any atom is 0.418 e. The van der Waals surface area contributed by atoms with E-state index in [-0.39, 0.29) is 18.2 Å². The van der Waals surface area contributed by atoms with Gasteiger partial charge in [0.2, 0.25) is 0 Å². The fourth-order valence-electron chi connectivity index (χ4n) is 5.82. The average molecular weight is 509 g/mol. The molecule has 2 saturated heterocycles. The Labute approximate surface area is 215 Å². The number of nitrogens with one attached hydrogen (secondary N) is 1. The molecule has 3 amide bonds. The lowest BCUT2D eigenvalue weighted by atomic mass is 9.70. The summed E-state index contributed by atoms with van der Waals surface area (Å²) < 4.78 is 32.7. The minimum Gasteiger partial charge on any atom is -0.446 e. The van der Waals surface area contributed by atoms with Gasteiger partial charge in [-0.1, -0.05) is 37.5 Å². The van der Waals surface area contributed by atoms with Crippen LogP contribution in [0, 0.1) is 23.0 Å². The summed E-state index contributed by atoms with van der Waals surface area (Å²) in [6.07, 6.45) is 5.34. The lowest BCUT2D eigenvalue weighted by Gasteiger charge is -2.37. The number of rotatable bonds is 4. The van der Waals surface area contributed by atoms with Crippen molar-refractivity contribution in [2.45, 2.75) is 62.4 Å². The molecule has 194 valence electrons. The molecule has 0 radical (unpaired) electrons. The van der Waals surface area contributed by atoms with Crippen LogP contribution in [0.15, 0.2) is 42.5 Å². The number of urea groups is 1. The van der Waals surface area contributed by atoms with Gasteiger partial charge in [0.25, 0.3) is 0 Å². The van der Waals surface area contributed by atoms with Crippen molar-refractivity contribution in [2.75, 3.05) is 24.6 Å². The maximum absolute atomic E-state index is 14.0. The molecule has 7 nitrogen and oxygen atoms in total. The van der Waals surface area contributed by atoms with E-state index in [2.05, 4.69) is 11.4 Å². The van der Waals surface area contributed by atoms with E-state index in [1.807, 2.05) is 24.3 Å². The number of cyclic esters (lactones) is 1. The van der Waals surface area contributed by atoms with E-state index in [1.165, 1.54) is 6.07 Å². The van der Waals surface area contributed by atoms with Crippen LogP contribution in [0.2, 0.25) is 0 Å². The van der Waals surface area contributed by atoms with Gasteiger partial charge in [-0.05, 0) is 74.2 Å². The highest BCUT2D eigenvalue weighted by Crippen LogP contribution is 2.40. The second-order valence-electron chi connectivity index (χ2n) is 10.1. The Morgan fingerprint density at radius 1 is 1.05 bits per heavy atom. The molecule has 1 N–H and O–H groups in total. The Kier molecular flexibility index (Phi) is 7.11. The highest BCUT2D eigenvalue weighted by atomic mass is 19.2. The topological polar surface area (TPSA) is 85.7 Å². The first-order chi connectivity index (χ1) is 17.9. The summed E-state index contributed by atoms with van der Waals surface area (Å²) in [5.74, 6) is -2.06. The number of halogens is 2. The fraction of sp³-hybridized carbons (Fsp3) is 0.464. The molecule has 0 spiro atoms. The maximum atomic E-state index is 14.0. The molecule has 1 aliphatic carbocycles. The summed E-state index contributed by atoms with van der Waals surface area (Å²) in [6.45, 7) is 1.31. The van der Waals surface area contributed by atoms with Gasteiger partial charge in [0.1, 0.15) is 12.6 Å². The fourth-order valence-corrected chi connectivity index (χ4v) is 5.82. The van der Waals surface area contributed by atoms with Crippen molar-refractivity contribution < 1.29 is 23.1 Å². The summed E-state index contributed by atoms with van der Waals surface area (Å²) in [5.41, 5.74) is 1.33. The number of hydrogen-bond donors (Lipinski definition) is 1. The Morgan fingerprint density at radius 2 is 1.76 bits per heavy atom. The molecular weight excluding hydrogens is 478 g/mol. The van der Waals surface area contributed by atoms with Gasteiger partial charge in [-0.25, -0.2) is 23.3 Å². The van der Waals surface area contributed by atoms with E-state index in [1.54, 1.807) is 4.90 Å². The van der Waals surface area contributed by atoms with Crippen molar-refractivity contribution in [2.24, 2.45) is 0 Å². The normalized spacial score (nSPS) is 21.8. The van der Waals surface area contributed by atoms with Crippen molar-refractivity contribution >= 4 is 17.8 Å². The lowest BCUT2D eigenvalue weighted by molar-refractivity contribution is 0.158. The number of nitriles is 1. The number of anilines is 1. The summed E-state index contributed by atoms with van der Waals surface area (Å²) in [7, 11) is 0. The standard InChI is InChI=1S/C28H30F2N4O3/c29-23-9-4-19(16-24(23)30)25-17-37-27(36)34(25)26(35)33(22-10-14-32-15-11-22)21-7-5-20(6-8-21)28(18-31)12-2-1-3-13-28/h4-9,16,22,25,32H,1-3,10-15,17H2. The van der Waals surface area contributed by atoms with Crippen molar-refractivity contribution in [3.05, 3.63) is 65.2 Å². The molecule has 0 aromatic heterocycles. The molecule has 9 heteroatoms. The van der Waals surface area contributed by atoms with Gasteiger partial charge in [-0.2, -0.15) is 5.26 Å². The quantitative estimate of drug-likeness (QED) is 0.584. The first kappa shape index (κ1) is 25.2. The number of imide groups is 1. The van der Waals surface area contributed by atoms with Crippen molar-refractivity contribution in [1.82, 2.24) is 10.2 Å². The van der Waals surface area contributed by atoms with Gasteiger partial charge in [0.15, 0.2) is 11.6 Å². The second kappa shape index (κ2) is 10.5. The molecule has 2 aromatic carbocycles. The SMILES string of the molecule is N#CC1(c2ccc(N(C(=O)N3C(=O)OCC3c3ccc(F)c(F)c3)C3CCNCC3)cc2)CCCCC1. The molecule has 1 unspecified atom stereocenters. The average Bonchev–Trinajstić information content (AvgIpc) is 3.33. The van der Waals surface area contributed by atoms with E-state index in [0.29, 0.717) is 18.5 Å². The Hall–Kier alpha value is -3.51. The molecule has 2 aliphatic heterocycles. The highest BCUT2D eigenvalue weighted by molar-refractivity contribution is 6.02. The van der Waals surface area contributed by atoms with Gasteiger partial charge < -0.3 is 10.1 Å². The second-order valence-corrected chi connectivity index (χ2v) is 10.1. The number of hydrogen-bond acceptors (Lipinski definition) is 5. The number of nitrogens with zero attached hydrogens (tertiary/aromatic N) is 3. The number of amides is 3. The summed E-state index contributed by atoms with van der Waals surface area (Å²) in [4.78, 5) is 29.4. The Balaban J connectivity index is 1.48. The highest BCUT2D eigenvalue weighted by Gasteiger charge is 2.43. The molecule has 1 saturated carbocycles. The third-order valence-electron chi connectivity index (χ3n) is 7.91. The van der Waals surface area contributed by atoms with Crippen LogP contribution in [-0.4, -0.2) is 42.8 Å². The van der Waals surface area contributed by atoms with E-state index in [9.17, 15) is 23.6 Å². The molecule has 2 heterocycles. The van der Waals surface area contributed by atoms with Gasteiger partial charge in [-0.3, -0.25) is 4.90 Å². The zero-order valence-corrected chi connectivity index (χ0v) is 20.6. The molecule has 3 fully saturated rings. The Morgan fingerprint density at radius 3 is 2.41 bits per heavy atom. The number of piperidine rings is 1. The van der Waals surface area contributed by atoms with Crippen molar-refractivity contribution in [3.63, 3.8) is 0 Å².